The zero-order valence-corrected chi connectivity index (χ0v) is 16.4. The summed E-state index contributed by atoms with van der Waals surface area (Å²) in [5.74, 6) is -0.271. The van der Waals surface area contributed by atoms with E-state index in [1.54, 1.807) is 12.1 Å². The molecule has 0 spiro atoms. The van der Waals surface area contributed by atoms with Crippen LogP contribution in [0.4, 0.5) is 4.39 Å². The Morgan fingerprint density at radius 1 is 1.50 bits per heavy atom. The molecule has 1 aliphatic heterocycles. The number of hydrogen-bond acceptors (Lipinski definition) is 4. The molecule has 26 heavy (non-hydrogen) atoms. The van der Waals surface area contributed by atoms with Gasteiger partial charge in [0.05, 0.1) is 24.8 Å². The topological polar surface area (TPSA) is 67.6 Å². The number of rotatable bonds is 7. The summed E-state index contributed by atoms with van der Waals surface area (Å²) in [7, 11) is 0. The third-order valence-corrected chi connectivity index (χ3v) is 4.91. The Balaban J connectivity index is 2.17. The molecule has 0 aromatic heterocycles. The second kappa shape index (κ2) is 9.65. The highest BCUT2D eigenvalue weighted by atomic mass is 35.5. The van der Waals surface area contributed by atoms with E-state index in [2.05, 4.69) is 10.2 Å². The maximum Gasteiger partial charge on any atom is 0.236 e. The van der Waals surface area contributed by atoms with Crippen molar-refractivity contribution in [1.29, 1.82) is 0 Å². The van der Waals surface area contributed by atoms with Gasteiger partial charge in [-0.3, -0.25) is 9.69 Å². The smallest absolute Gasteiger partial charge is 0.236 e. The fraction of sp³-hybridized carbons (Fsp3) is 0.632. The highest BCUT2D eigenvalue weighted by Gasteiger charge is 2.30. The van der Waals surface area contributed by atoms with Crippen LogP contribution in [-0.4, -0.2) is 49.2 Å². The minimum atomic E-state index is -0.574. The Bertz CT molecular complexity index is 594. The number of carbonyl (C=O) groups is 1. The lowest BCUT2D eigenvalue weighted by atomic mass is 10.0. The largest absolute Gasteiger partial charge is 0.376 e. The van der Waals surface area contributed by atoms with Crippen LogP contribution in [0.1, 0.15) is 38.8 Å². The predicted octanol–water partition coefficient (Wildman–Crippen LogP) is 2.73. The minimum absolute atomic E-state index is 0.0377. The third kappa shape index (κ3) is 5.64. The van der Waals surface area contributed by atoms with Crippen LogP contribution in [-0.2, 0) is 9.53 Å². The van der Waals surface area contributed by atoms with Crippen molar-refractivity contribution in [2.45, 2.75) is 45.4 Å². The second-order valence-corrected chi connectivity index (χ2v) is 7.72. The summed E-state index contributed by atoms with van der Waals surface area (Å²) in [4.78, 5) is 14.4. The maximum atomic E-state index is 14.5. The molecular formula is C19H29ClFN3O2. The monoisotopic (exact) mass is 385 g/mol. The minimum Gasteiger partial charge on any atom is -0.376 e. The zero-order valence-electron chi connectivity index (χ0n) is 15.7. The normalized spacial score (nSPS) is 20.8. The zero-order chi connectivity index (χ0) is 19.3. The fourth-order valence-electron chi connectivity index (χ4n) is 3.31. The second-order valence-electron chi connectivity index (χ2n) is 7.31. The summed E-state index contributed by atoms with van der Waals surface area (Å²) < 4.78 is 20.1. The molecule has 0 aliphatic carbocycles. The number of amides is 1. The van der Waals surface area contributed by atoms with Gasteiger partial charge in [0.2, 0.25) is 5.91 Å². The lowest BCUT2D eigenvalue weighted by molar-refractivity contribution is -0.123. The van der Waals surface area contributed by atoms with Gasteiger partial charge in [-0.1, -0.05) is 31.5 Å². The van der Waals surface area contributed by atoms with Gasteiger partial charge in [0, 0.05) is 30.2 Å². The molecular weight excluding hydrogens is 357 g/mol. The number of hydrogen-bond donors (Lipinski definition) is 2. The van der Waals surface area contributed by atoms with E-state index >= 15 is 0 Å². The third-order valence-electron chi connectivity index (χ3n) is 4.58. The van der Waals surface area contributed by atoms with Crippen molar-refractivity contribution in [2.75, 3.05) is 26.2 Å². The highest BCUT2D eigenvalue weighted by Crippen LogP contribution is 2.31. The fourth-order valence-corrected chi connectivity index (χ4v) is 3.60. The van der Waals surface area contributed by atoms with Gasteiger partial charge < -0.3 is 15.8 Å². The summed E-state index contributed by atoms with van der Waals surface area (Å²) in [6.07, 6.45) is 0.640. The Kier molecular flexibility index (Phi) is 7.83. The van der Waals surface area contributed by atoms with E-state index in [0.717, 1.165) is 0 Å². The molecule has 146 valence electrons. The van der Waals surface area contributed by atoms with Gasteiger partial charge in [-0.05, 0) is 31.4 Å². The molecule has 1 amide bonds. The number of halogens is 2. The molecule has 0 saturated carbocycles. The SMILES string of the molecule is CC(C)C[C@H](N)C(=O)NCC(c1c(F)cccc1Cl)N1CCOC(C)C1. The van der Waals surface area contributed by atoms with E-state index in [0.29, 0.717) is 42.6 Å². The molecule has 0 bridgehead atoms. The quantitative estimate of drug-likeness (QED) is 0.757. The van der Waals surface area contributed by atoms with Crippen LogP contribution in [0.5, 0.6) is 0 Å². The Labute approximate surface area is 160 Å². The lowest BCUT2D eigenvalue weighted by Crippen LogP contribution is -2.49. The van der Waals surface area contributed by atoms with Crippen LogP contribution in [0.15, 0.2) is 18.2 Å². The standard InChI is InChI=1S/C19H29ClFN3O2/c1-12(2)9-16(22)19(25)23-10-17(24-7-8-26-13(3)11-24)18-14(20)5-4-6-15(18)21/h4-6,12-13,16-17H,7-11,22H2,1-3H3,(H,23,25)/t13?,16-,17?/m0/s1. The molecule has 5 nitrogen and oxygen atoms in total. The average Bonchev–Trinajstić information content (AvgIpc) is 2.56. The van der Waals surface area contributed by atoms with Gasteiger partial charge in [0.25, 0.3) is 0 Å². The van der Waals surface area contributed by atoms with Crippen LogP contribution in [0, 0.1) is 11.7 Å². The van der Waals surface area contributed by atoms with Gasteiger partial charge in [0.1, 0.15) is 5.82 Å². The van der Waals surface area contributed by atoms with Gasteiger partial charge in [0.15, 0.2) is 0 Å². The van der Waals surface area contributed by atoms with Gasteiger partial charge in [-0.15, -0.1) is 0 Å². The average molecular weight is 386 g/mol. The summed E-state index contributed by atoms with van der Waals surface area (Å²) in [6.45, 7) is 8.11. The van der Waals surface area contributed by atoms with Crippen molar-refractivity contribution in [3.63, 3.8) is 0 Å². The Morgan fingerprint density at radius 2 is 2.23 bits per heavy atom. The molecule has 7 heteroatoms. The molecule has 1 saturated heterocycles. The van der Waals surface area contributed by atoms with Crippen molar-refractivity contribution in [3.8, 4) is 0 Å². The van der Waals surface area contributed by atoms with Crippen LogP contribution in [0.2, 0.25) is 5.02 Å². The van der Waals surface area contributed by atoms with Crippen molar-refractivity contribution in [3.05, 3.63) is 34.6 Å². The number of nitrogens with one attached hydrogen (secondary N) is 1. The van der Waals surface area contributed by atoms with E-state index in [4.69, 9.17) is 22.1 Å². The predicted molar refractivity (Wildman–Crippen MR) is 102 cm³/mol. The maximum absolute atomic E-state index is 14.5. The molecule has 2 rings (SSSR count). The van der Waals surface area contributed by atoms with Crippen LogP contribution in [0.25, 0.3) is 0 Å². The van der Waals surface area contributed by atoms with E-state index in [1.807, 2.05) is 20.8 Å². The number of morpholine rings is 1. The number of benzene rings is 1. The van der Waals surface area contributed by atoms with Gasteiger partial charge in [-0.2, -0.15) is 0 Å². The van der Waals surface area contributed by atoms with Crippen molar-refractivity contribution >= 4 is 17.5 Å². The molecule has 1 fully saturated rings. The summed E-state index contributed by atoms with van der Waals surface area (Å²) >= 11 is 6.29. The van der Waals surface area contributed by atoms with E-state index in [1.165, 1.54) is 6.07 Å². The van der Waals surface area contributed by atoms with E-state index < -0.39 is 6.04 Å². The Morgan fingerprint density at radius 3 is 2.85 bits per heavy atom. The molecule has 1 aromatic rings. The molecule has 3 N–H and O–H groups in total. The van der Waals surface area contributed by atoms with Crippen LogP contribution < -0.4 is 11.1 Å². The first-order valence-corrected chi connectivity index (χ1v) is 9.50. The first-order chi connectivity index (χ1) is 12.3. The van der Waals surface area contributed by atoms with Crippen molar-refractivity contribution in [1.82, 2.24) is 10.2 Å². The van der Waals surface area contributed by atoms with Crippen molar-refractivity contribution < 1.29 is 13.9 Å². The number of ether oxygens (including phenoxy) is 1. The molecule has 2 unspecified atom stereocenters. The first kappa shape index (κ1) is 21.1. The summed E-state index contributed by atoms with van der Waals surface area (Å²) in [6, 6.07) is 3.70. The molecule has 1 aromatic carbocycles. The van der Waals surface area contributed by atoms with E-state index in [-0.39, 0.29) is 30.4 Å². The first-order valence-electron chi connectivity index (χ1n) is 9.12. The molecule has 0 radical (unpaired) electrons. The highest BCUT2D eigenvalue weighted by molar-refractivity contribution is 6.31. The number of nitrogens with two attached hydrogens (primary N) is 1. The number of carbonyl (C=O) groups excluding carboxylic acids is 1. The van der Waals surface area contributed by atoms with Gasteiger partial charge in [-0.25, -0.2) is 4.39 Å². The van der Waals surface area contributed by atoms with Crippen molar-refractivity contribution in [2.24, 2.45) is 11.7 Å². The lowest BCUT2D eigenvalue weighted by Gasteiger charge is -2.38. The van der Waals surface area contributed by atoms with Crippen LogP contribution >= 0.6 is 11.6 Å². The molecule has 3 atom stereocenters. The van der Waals surface area contributed by atoms with E-state index in [9.17, 15) is 9.18 Å². The Hall–Kier alpha value is -1.21. The molecule has 1 heterocycles. The molecule has 1 aliphatic rings. The van der Waals surface area contributed by atoms with Gasteiger partial charge >= 0.3 is 0 Å². The summed E-state index contributed by atoms with van der Waals surface area (Å²) in [5, 5.41) is 3.24. The summed E-state index contributed by atoms with van der Waals surface area (Å²) in [5.41, 5.74) is 6.36. The number of nitrogens with zero attached hydrogens (tertiary/aromatic N) is 1. The van der Waals surface area contributed by atoms with Crippen LogP contribution in [0.3, 0.4) is 0 Å².